The van der Waals surface area contributed by atoms with E-state index in [1.165, 1.54) is 25.9 Å². The minimum Gasteiger partial charge on any atom is -0.357 e. The fraction of sp³-hybridized carbons (Fsp3) is 0.867. The minimum absolute atomic E-state index is 0. The van der Waals surface area contributed by atoms with Gasteiger partial charge in [0, 0.05) is 33.7 Å². The summed E-state index contributed by atoms with van der Waals surface area (Å²) in [7, 11) is 3.49. The predicted molar refractivity (Wildman–Crippen MR) is 103 cm³/mol. The zero-order chi connectivity index (χ0) is 15.7. The van der Waals surface area contributed by atoms with Crippen LogP contribution in [-0.4, -0.2) is 75.0 Å². The fourth-order valence-corrected chi connectivity index (χ4v) is 2.37. The Morgan fingerprint density at radius 1 is 1.27 bits per heavy atom. The first-order valence-corrected chi connectivity index (χ1v) is 7.97. The Labute approximate surface area is 152 Å². The molecule has 0 radical (unpaired) electrons. The first-order chi connectivity index (χ1) is 10.0. The Hall–Kier alpha value is -0.570. The van der Waals surface area contributed by atoms with Gasteiger partial charge < -0.3 is 20.4 Å². The maximum atomic E-state index is 11.6. The summed E-state index contributed by atoms with van der Waals surface area (Å²) in [6.07, 6.45) is 2.66. The van der Waals surface area contributed by atoms with Crippen molar-refractivity contribution < 1.29 is 4.79 Å². The summed E-state index contributed by atoms with van der Waals surface area (Å²) in [6.45, 7) is 9.72. The van der Waals surface area contributed by atoms with Crippen molar-refractivity contribution in [1.29, 1.82) is 0 Å². The van der Waals surface area contributed by atoms with Gasteiger partial charge in [0.1, 0.15) is 6.54 Å². The van der Waals surface area contributed by atoms with Crippen molar-refractivity contribution in [3.63, 3.8) is 0 Å². The Bertz CT molecular complexity index is 343. The van der Waals surface area contributed by atoms with Gasteiger partial charge >= 0.3 is 0 Å². The molecule has 0 aliphatic carbocycles. The van der Waals surface area contributed by atoms with Gasteiger partial charge in [0.2, 0.25) is 5.91 Å². The first-order valence-electron chi connectivity index (χ1n) is 7.97. The van der Waals surface area contributed by atoms with E-state index >= 15 is 0 Å². The molecular weight excluding hydrogens is 393 g/mol. The van der Waals surface area contributed by atoms with Gasteiger partial charge in [-0.05, 0) is 38.8 Å². The summed E-state index contributed by atoms with van der Waals surface area (Å²) in [5.74, 6) is 1.30. The summed E-state index contributed by atoms with van der Waals surface area (Å²) in [6, 6.07) is 0. The molecule has 0 bridgehead atoms. The average molecular weight is 425 g/mol. The van der Waals surface area contributed by atoms with E-state index in [0.717, 1.165) is 25.6 Å². The molecule has 22 heavy (non-hydrogen) atoms. The van der Waals surface area contributed by atoms with Gasteiger partial charge in [0.05, 0.1) is 0 Å². The zero-order valence-corrected chi connectivity index (χ0v) is 16.7. The van der Waals surface area contributed by atoms with Gasteiger partial charge in [-0.25, -0.2) is 4.99 Å². The third-order valence-electron chi connectivity index (χ3n) is 3.60. The van der Waals surface area contributed by atoms with Crippen LogP contribution in [0.25, 0.3) is 0 Å². The number of hydrogen-bond acceptors (Lipinski definition) is 3. The third kappa shape index (κ3) is 8.77. The second-order valence-corrected chi connectivity index (χ2v) is 5.98. The van der Waals surface area contributed by atoms with Crippen molar-refractivity contribution in [3.8, 4) is 0 Å². The molecule has 1 fully saturated rings. The van der Waals surface area contributed by atoms with Gasteiger partial charge in [0.15, 0.2) is 5.96 Å². The van der Waals surface area contributed by atoms with Crippen molar-refractivity contribution >= 4 is 35.8 Å². The van der Waals surface area contributed by atoms with Crippen LogP contribution in [-0.2, 0) is 4.79 Å². The molecule has 1 saturated heterocycles. The van der Waals surface area contributed by atoms with Crippen molar-refractivity contribution in [3.05, 3.63) is 0 Å². The lowest BCUT2D eigenvalue weighted by molar-refractivity contribution is -0.127. The number of likely N-dealkylation sites (tertiary alicyclic amines) is 1. The smallest absolute Gasteiger partial charge is 0.243 e. The molecule has 6 nitrogen and oxygen atoms in total. The van der Waals surface area contributed by atoms with Crippen molar-refractivity contribution in [2.75, 3.05) is 53.4 Å². The average Bonchev–Trinajstić information content (AvgIpc) is 2.94. The van der Waals surface area contributed by atoms with Crippen molar-refractivity contribution in [1.82, 2.24) is 20.4 Å². The number of amides is 1. The van der Waals surface area contributed by atoms with Crippen LogP contribution in [0.2, 0.25) is 0 Å². The molecule has 1 unspecified atom stereocenters. The topological polar surface area (TPSA) is 60.0 Å². The molecule has 7 heteroatoms. The highest BCUT2D eigenvalue weighted by Crippen LogP contribution is 2.09. The van der Waals surface area contributed by atoms with Crippen LogP contribution in [0, 0.1) is 5.92 Å². The number of halogens is 1. The number of carbonyl (C=O) groups excluding carboxylic acids is 1. The predicted octanol–water partition coefficient (Wildman–Crippen LogP) is 0.980. The largest absolute Gasteiger partial charge is 0.357 e. The Morgan fingerprint density at radius 2 is 1.91 bits per heavy atom. The maximum absolute atomic E-state index is 11.6. The number of hydrogen-bond donors (Lipinski definition) is 2. The van der Waals surface area contributed by atoms with Gasteiger partial charge in [-0.3, -0.25) is 4.79 Å². The lowest BCUT2D eigenvalue weighted by Crippen LogP contribution is -2.42. The van der Waals surface area contributed by atoms with Crippen LogP contribution in [0.15, 0.2) is 4.99 Å². The Kier molecular flexibility index (Phi) is 11.6. The third-order valence-corrected chi connectivity index (χ3v) is 3.60. The van der Waals surface area contributed by atoms with Crippen LogP contribution in [0.3, 0.4) is 0 Å². The summed E-state index contributed by atoms with van der Waals surface area (Å²) in [5.41, 5.74) is 0. The number of guanidine groups is 1. The molecule has 1 aliphatic rings. The number of rotatable bonds is 7. The highest BCUT2D eigenvalue weighted by atomic mass is 127. The van der Waals surface area contributed by atoms with E-state index in [9.17, 15) is 4.79 Å². The van der Waals surface area contributed by atoms with Gasteiger partial charge in [-0.15, -0.1) is 24.0 Å². The van der Waals surface area contributed by atoms with E-state index in [1.807, 2.05) is 6.92 Å². The lowest BCUT2D eigenvalue weighted by Gasteiger charge is -2.21. The molecule has 0 spiro atoms. The second-order valence-electron chi connectivity index (χ2n) is 5.98. The molecular formula is C15H32IN5O. The molecule has 1 amide bonds. The number of aliphatic imine (C=N–C) groups is 1. The number of carbonyl (C=O) groups is 1. The summed E-state index contributed by atoms with van der Waals surface area (Å²) < 4.78 is 0. The van der Waals surface area contributed by atoms with E-state index < -0.39 is 0 Å². The van der Waals surface area contributed by atoms with Crippen molar-refractivity contribution in [2.24, 2.45) is 10.9 Å². The summed E-state index contributed by atoms with van der Waals surface area (Å²) >= 11 is 0. The first kappa shape index (κ1) is 21.4. The monoisotopic (exact) mass is 425 g/mol. The van der Waals surface area contributed by atoms with E-state index in [2.05, 4.69) is 27.4 Å². The maximum Gasteiger partial charge on any atom is 0.243 e. The highest BCUT2D eigenvalue weighted by Gasteiger charge is 2.14. The minimum atomic E-state index is 0. The molecule has 0 aromatic heterocycles. The molecule has 1 atom stereocenters. The number of nitrogens with zero attached hydrogens (tertiary/aromatic N) is 3. The molecule has 0 aromatic carbocycles. The standard InChI is InChI=1S/C15H31N5O.HI/c1-5-16-15(18-11-14(21)19(3)4)17-10-13(2)12-20-8-6-7-9-20;/h13H,5-12H2,1-4H3,(H2,16,17,18);1H. The van der Waals surface area contributed by atoms with Crippen LogP contribution < -0.4 is 10.6 Å². The molecule has 1 heterocycles. The van der Waals surface area contributed by atoms with Gasteiger partial charge in [0.25, 0.3) is 0 Å². The quantitative estimate of drug-likeness (QED) is 0.363. The van der Waals surface area contributed by atoms with Crippen LogP contribution in [0.1, 0.15) is 26.7 Å². The molecule has 1 rings (SSSR count). The second kappa shape index (κ2) is 11.9. The SMILES string of the molecule is CCNC(=NCC(=O)N(C)C)NCC(C)CN1CCCC1.I. The molecule has 0 aromatic rings. The van der Waals surface area contributed by atoms with Gasteiger partial charge in [-0.1, -0.05) is 6.92 Å². The zero-order valence-electron chi connectivity index (χ0n) is 14.4. The van der Waals surface area contributed by atoms with Crippen LogP contribution in [0.4, 0.5) is 0 Å². The summed E-state index contributed by atoms with van der Waals surface area (Å²) in [5, 5.41) is 6.51. The number of likely N-dealkylation sites (N-methyl/N-ethyl adjacent to an activating group) is 1. The molecule has 2 N–H and O–H groups in total. The van der Waals surface area contributed by atoms with E-state index in [1.54, 1.807) is 19.0 Å². The lowest BCUT2D eigenvalue weighted by atomic mass is 10.1. The van der Waals surface area contributed by atoms with Crippen LogP contribution >= 0.6 is 24.0 Å². The Balaban J connectivity index is 0.00000441. The Morgan fingerprint density at radius 3 is 2.45 bits per heavy atom. The van der Waals surface area contributed by atoms with E-state index in [-0.39, 0.29) is 36.4 Å². The fourth-order valence-electron chi connectivity index (χ4n) is 2.37. The normalized spacial score (nSPS) is 16.8. The van der Waals surface area contributed by atoms with Crippen LogP contribution in [0.5, 0.6) is 0 Å². The molecule has 0 saturated carbocycles. The van der Waals surface area contributed by atoms with E-state index in [4.69, 9.17) is 0 Å². The van der Waals surface area contributed by atoms with E-state index in [0.29, 0.717) is 5.92 Å². The molecule has 1 aliphatic heterocycles. The van der Waals surface area contributed by atoms with Gasteiger partial charge in [-0.2, -0.15) is 0 Å². The number of nitrogens with one attached hydrogen (secondary N) is 2. The molecule has 130 valence electrons. The summed E-state index contributed by atoms with van der Waals surface area (Å²) in [4.78, 5) is 20.0. The van der Waals surface area contributed by atoms with Crippen molar-refractivity contribution in [2.45, 2.75) is 26.7 Å². The highest BCUT2D eigenvalue weighted by molar-refractivity contribution is 14.0.